The molecule has 0 radical (unpaired) electrons. The molecule has 28 bridgehead atoms. The van der Waals surface area contributed by atoms with Gasteiger partial charge in [0.25, 0.3) is 0 Å². The van der Waals surface area contributed by atoms with Crippen LogP contribution in [0.5, 0.6) is 0 Å². The average Bonchev–Trinajstić information content (AvgIpc) is 0.759. The summed E-state index contributed by atoms with van der Waals surface area (Å²) in [5.74, 6) is 0. The van der Waals surface area contributed by atoms with Crippen LogP contribution in [-0.2, 0) is 133 Å². The van der Waals surface area contributed by atoms with Crippen LogP contribution in [0.15, 0.2) is 0 Å². The lowest BCUT2D eigenvalue weighted by molar-refractivity contribution is -0.404. The van der Waals surface area contributed by atoms with Gasteiger partial charge in [0.1, 0.15) is 293 Å². The molecule has 0 aromatic rings. The summed E-state index contributed by atoms with van der Waals surface area (Å²) in [6.07, 6.45) is -117. The number of hydrogen-bond donors (Lipinski definition) is 32. The van der Waals surface area contributed by atoms with Gasteiger partial charge in [0.05, 0.1) is 79.3 Å². The molecule has 32 N–H and O–H groups in total. The summed E-state index contributed by atoms with van der Waals surface area (Å²) in [5.41, 5.74) is 0. The van der Waals surface area contributed by atoms with Gasteiger partial charge in [-0.05, 0) is 25.7 Å². The van der Waals surface area contributed by atoms with Crippen LogP contribution in [0.25, 0.3) is 0 Å². The normalized spacial score (nSPS) is 52.9. The van der Waals surface area contributed by atoms with Crippen molar-refractivity contribution in [2.45, 2.75) is 446 Å². The van der Waals surface area contributed by atoms with Crippen molar-refractivity contribution in [2.75, 3.05) is 106 Å². The monoisotopic (exact) mass is 2160 g/mol. The summed E-state index contributed by atoms with van der Waals surface area (Å²) >= 11 is 0. The van der Waals surface area contributed by atoms with Gasteiger partial charge in [0.15, 0.2) is 75.5 Å². The molecule has 0 spiro atoms. The molecule has 45 aliphatic rings. The Morgan fingerprint density at radius 2 is 0.230 bits per heavy atom. The summed E-state index contributed by atoms with van der Waals surface area (Å²) in [6.45, 7) is -11.2. The van der Waals surface area contributed by atoms with E-state index < -0.39 is 448 Å². The molecule has 0 aromatic heterocycles. The molecule has 148 heavy (non-hydrogen) atoms. The lowest BCUT2D eigenvalue weighted by atomic mass is 9.94. The first kappa shape index (κ1) is 120. The Hall–Kier alpha value is -2.40. The topological polar surface area (TPSA) is 906 Å². The molecule has 860 valence electrons. The van der Waals surface area contributed by atoms with E-state index in [0.29, 0.717) is 77.0 Å². The zero-order chi connectivity index (χ0) is 106. The van der Waals surface area contributed by atoms with Gasteiger partial charge in [-0.25, -0.2) is 0 Å². The molecule has 60 nitrogen and oxygen atoms in total. The van der Waals surface area contributed by atoms with E-state index in [1.807, 2.05) is 0 Å². The van der Waals surface area contributed by atoms with Gasteiger partial charge >= 0.3 is 0 Å². The van der Waals surface area contributed by atoms with Gasteiger partial charge < -0.3 is 296 Å². The lowest BCUT2D eigenvalue weighted by Gasteiger charge is -2.50. The molecular weight excluding hydrogens is 2020 g/mol. The molecule has 0 aromatic carbocycles. The molecule has 60 atom stereocenters. The molecule has 60 heteroatoms. The predicted molar refractivity (Wildman–Crippen MR) is 462 cm³/mol. The van der Waals surface area contributed by atoms with Crippen molar-refractivity contribution in [2.24, 2.45) is 0 Å². The molecule has 45 aliphatic heterocycles. The van der Waals surface area contributed by atoms with Crippen molar-refractivity contribution in [3.8, 4) is 0 Å². The van der Waals surface area contributed by atoms with Crippen molar-refractivity contribution in [3.63, 3.8) is 0 Å². The maximum Gasteiger partial charge on any atom is 0.187 e. The largest absolute Gasteiger partial charge is 0.394 e. The number of ether oxygens (including phenoxy) is 28. The molecule has 45 heterocycles. The number of aliphatic hydroxyl groups excluding tert-OH is 32. The Kier molecular flexibility index (Phi) is 44.1. The summed E-state index contributed by atoms with van der Waals surface area (Å²) in [4.78, 5) is 0. The highest BCUT2D eigenvalue weighted by Crippen LogP contribution is 2.44. The Bertz CT molecular complexity index is 3580. The summed E-state index contributed by atoms with van der Waals surface area (Å²) in [6, 6.07) is 0. The zero-order valence-corrected chi connectivity index (χ0v) is 80.2. The van der Waals surface area contributed by atoms with Crippen LogP contribution >= 0.6 is 0 Å². The van der Waals surface area contributed by atoms with E-state index in [0.717, 1.165) is 0 Å². The van der Waals surface area contributed by atoms with Crippen LogP contribution in [0.4, 0.5) is 0 Å². The highest BCUT2D eigenvalue weighted by atomic mass is 16.8. The number of aliphatic hydroxyl groups is 32. The van der Waals surface area contributed by atoms with E-state index in [1.54, 1.807) is 0 Å². The van der Waals surface area contributed by atoms with Crippen LogP contribution in [0.3, 0.4) is 0 Å². The van der Waals surface area contributed by atoms with Crippen molar-refractivity contribution in [1.82, 2.24) is 0 Å². The van der Waals surface area contributed by atoms with E-state index >= 15 is 0 Å². The second-order valence-corrected chi connectivity index (χ2v) is 39.5. The minimum absolute atomic E-state index is 0.0746. The minimum atomic E-state index is -2.26. The molecule has 0 saturated carbocycles. The maximum absolute atomic E-state index is 12.3. The van der Waals surface area contributed by atoms with E-state index in [1.165, 1.54) is 0 Å². The van der Waals surface area contributed by atoms with Crippen LogP contribution in [-0.4, -0.2) is 638 Å². The first-order valence-electron chi connectivity index (χ1n) is 50.2. The highest BCUT2D eigenvalue weighted by molar-refractivity contribution is 5.06. The third kappa shape index (κ3) is 26.6. The van der Waals surface area contributed by atoms with Gasteiger partial charge in [-0.3, -0.25) is 0 Å². The first-order valence-corrected chi connectivity index (χ1v) is 50.2. The first-order chi connectivity index (χ1) is 71.0. The van der Waals surface area contributed by atoms with Gasteiger partial charge in [-0.15, -0.1) is 0 Å². The quantitative estimate of drug-likeness (QED) is 0.107. The van der Waals surface area contributed by atoms with Crippen LogP contribution in [0.2, 0.25) is 0 Å². The Balaban J connectivity index is 0.680. The molecular formula is C88H148O60. The average molecular weight is 2170 g/mol. The molecule has 0 amide bonds. The van der Waals surface area contributed by atoms with Gasteiger partial charge in [0, 0.05) is 26.4 Å². The van der Waals surface area contributed by atoms with Crippen LogP contribution in [0, 0.1) is 0 Å². The molecule has 45 rings (SSSR count). The Labute approximate surface area is 844 Å². The molecule has 45 fully saturated rings. The Morgan fingerprint density at radius 3 is 0.358 bits per heavy atom. The van der Waals surface area contributed by atoms with E-state index in [4.69, 9.17) is 133 Å². The minimum Gasteiger partial charge on any atom is -0.394 e. The zero-order valence-electron chi connectivity index (χ0n) is 80.2. The van der Waals surface area contributed by atoms with Gasteiger partial charge in [0.2, 0.25) is 0 Å². The second-order valence-electron chi connectivity index (χ2n) is 39.5. The number of hydrogen-bond acceptors (Lipinski definition) is 60. The van der Waals surface area contributed by atoms with Crippen molar-refractivity contribution < 1.29 is 296 Å². The summed E-state index contributed by atoms with van der Waals surface area (Å²) in [5, 5.41) is 371. The standard InChI is InChI=1S/C88H148O60/c89-17-29-65-43(99)55(111)79(127-29)141-69-33(21-93)131-83(59(115)47(69)103)145-73-37-25-121-13-9-5-1-3-7-11-15-123-27-39-75-49(105)61(117)85(133-39)143-71-35(23-95)129-81(57(113)45(71)101)139-67-31(19-91)125-77(53(109)41(67)97)138-66-30(18-90)128-80(56(112)44(66)100)142-70-34(22-94)132-84(60(116)48(70)104)146-74-38(136-88(147-75)64(120)52(74)108)26-122-14-10-6-2-4-8-12-16-124-28-40-76(148-87(135-37)63(119)51(73)107)50(106)62(118)86(134-40)144-72-36(24-96)130-82(58(114)46(72)102)140-68-32(20-92)126-78(137-65)54(110)42(68)98/h29-120H,1-28H2/t29-,30-,31-,32-,33-,34-,35-,36-,37-,38-,39-,40-,41-,42-,43-,44-,45-,46-,47-,48-,49-,50-,51-,52-,53-,54-,55-,56-,57-,58-,59-,60-,61-,62-,63-,64-,65-,66-,67-,68-,69-,70-,71-,72-,73-,74-,75-,76-,77-,78-,79-,80-,81-,82-,83-,84-,85-,86-,87-,88-/m1/s1. The highest BCUT2D eigenvalue weighted by Gasteiger charge is 2.64. The van der Waals surface area contributed by atoms with Crippen molar-refractivity contribution >= 4 is 0 Å². The third-order valence-corrected chi connectivity index (χ3v) is 29.4. The third-order valence-electron chi connectivity index (χ3n) is 29.4. The van der Waals surface area contributed by atoms with Crippen molar-refractivity contribution in [1.29, 1.82) is 0 Å². The van der Waals surface area contributed by atoms with Gasteiger partial charge in [-0.1, -0.05) is 51.4 Å². The predicted octanol–water partition coefficient (Wildman–Crippen LogP) is -19.3. The smallest absolute Gasteiger partial charge is 0.187 e. The Morgan fingerprint density at radius 1 is 0.122 bits per heavy atom. The molecule has 0 aliphatic carbocycles. The van der Waals surface area contributed by atoms with Crippen LogP contribution < -0.4 is 0 Å². The fraction of sp³-hybridized carbons (Fsp3) is 1.00. The van der Waals surface area contributed by atoms with Gasteiger partial charge in [-0.2, -0.15) is 0 Å². The molecule has 0 unspecified atom stereocenters. The fourth-order valence-corrected chi connectivity index (χ4v) is 20.8. The van der Waals surface area contributed by atoms with E-state index in [-0.39, 0.29) is 26.4 Å². The van der Waals surface area contributed by atoms with E-state index in [9.17, 15) is 163 Å². The fourth-order valence-electron chi connectivity index (χ4n) is 20.8. The number of rotatable bonds is 8. The van der Waals surface area contributed by atoms with Crippen LogP contribution in [0.1, 0.15) is 77.0 Å². The van der Waals surface area contributed by atoms with Crippen molar-refractivity contribution in [3.05, 3.63) is 0 Å². The lowest BCUT2D eigenvalue weighted by Crippen LogP contribution is -2.69. The summed E-state index contributed by atoms with van der Waals surface area (Å²) in [7, 11) is 0. The van der Waals surface area contributed by atoms with E-state index in [2.05, 4.69) is 0 Å². The molecule has 45 saturated heterocycles. The second kappa shape index (κ2) is 54.6. The maximum atomic E-state index is 12.3. The SMILES string of the molecule is OC[C@H]1O[C@@H]2O[C@H]3[C@H](O)[C@@H](O)[C@@H](O[C@H]4[C@H](O)[C@@H](O)[C@H]5O[C@H]6[C@H](O)[C@@H](O)[C@@H](O[C@H]7[C@H](O)[C@@H](O)[C@@H](O[C@H]8[C@H](O)[C@@H](O)[C@@H](O[C@H]1[C@H](O)[C@H]2O)O[C@@H]8CO)O[C@@H]7CO)O[C@@H]6COCCCCCCCCOC[C@H]1O[C@@H]2O[C@H]6[C@H](O)[C@@H](O)[C@@H](O[C@H]7[C@H](O)[C@@H](O)[C@@H](O[C@H]8[C@H](O)[C@@H](O)[C@@H](O[C@H]9[C@H](O)[C@@H](O)[C@@H](O[C@H]%10[C@H](O)[C@@H](O)[C@@H](O[C@H]1[C@H](O)[C@H]2O)O[C@@H]%10CO)O[C@@H]9CO)O[C@@H]8CO)O[C@@H]7CO)O[C@@H]6COCCCCCCCCOC[C@H]4O5)O[C@@H]3CO. The summed E-state index contributed by atoms with van der Waals surface area (Å²) < 4.78 is 169.